The van der Waals surface area contributed by atoms with E-state index in [0.29, 0.717) is 47.8 Å². The number of furan rings is 1. The second-order valence-corrected chi connectivity index (χ2v) is 5.04. The van der Waals surface area contributed by atoms with Gasteiger partial charge in [0.05, 0.1) is 10.7 Å². The van der Waals surface area contributed by atoms with Crippen LogP contribution in [-0.2, 0) is 11.3 Å². The first-order chi connectivity index (χ1) is 10.7. The average Bonchev–Trinajstić information content (AvgIpc) is 2.97. The number of amides is 1. The van der Waals surface area contributed by atoms with Crippen LogP contribution in [-0.4, -0.2) is 26.2 Å². The number of halogens is 1. The van der Waals surface area contributed by atoms with E-state index in [4.69, 9.17) is 30.2 Å². The molecule has 1 aliphatic rings. The first kappa shape index (κ1) is 14.7. The molecule has 1 amide bonds. The number of benzene rings is 1. The van der Waals surface area contributed by atoms with Crippen molar-refractivity contribution in [1.29, 1.82) is 0 Å². The first-order valence-corrected chi connectivity index (χ1v) is 7.03. The Bertz CT molecular complexity index is 697. The van der Waals surface area contributed by atoms with E-state index in [1.54, 1.807) is 31.4 Å². The number of anilines is 1. The summed E-state index contributed by atoms with van der Waals surface area (Å²) in [5.74, 6) is 1.46. The summed E-state index contributed by atoms with van der Waals surface area (Å²) < 4.78 is 21.2. The number of methoxy groups -OCH3 is 1. The van der Waals surface area contributed by atoms with Crippen molar-refractivity contribution in [3.8, 4) is 11.5 Å². The van der Waals surface area contributed by atoms with Crippen molar-refractivity contribution in [3.05, 3.63) is 40.8 Å². The van der Waals surface area contributed by atoms with Crippen LogP contribution in [0, 0.1) is 0 Å². The molecule has 0 radical (unpaired) electrons. The standard InChI is InChI=1S/C15H14ClNO5/c1-19-8-9-2-3-12(22-9)15(18)17-11-7-14-13(6-10(11)16)20-4-5-21-14/h2-3,6-7H,4-5,8H2,1H3,(H,17,18). The molecule has 1 aromatic heterocycles. The topological polar surface area (TPSA) is 69.9 Å². The van der Waals surface area contributed by atoms with Crippen molar-refractivity contribution < 1.29 is 23.4 Å². The zero-order valence-electron chi connectivity index (χ0n) is 11.8. The lowest BCUT2D eigenvalue weighted by molar-refractivity contribution is 0.0987. The van der Waals surface area contributed by atoms with E-state index in [1.165, 1.54) is 0 Å². The van der Waals surface area contributed by atoms with Crippen LogP contribution in [0.3, 0.4) is 0 Å². The number of carbonyl (C=O) groups is 1. The zero-order chi connectivity index (χ0) is 15.5. The highest BCUT2D eigenvalue weighted by molar-refractivity contribution is 6.34. The second kappa shape index (κ2) is 6.29. The molecule has 3 rings (SSSR count). The van der Waals surface area contributed by atoms with Crippen LogP contribution in [0.1, 0.15) is 16.3 Å². The molecule has 1 aromatic carbocycles. The third kappa shape index (κ3) is 3.03. The number of hydrogen-bond acceptors (Lipinski definition) is 5. The predicted molar refractivity (Wildman–Crippen MR) is 79.8 cm³/mol. The molecule has 6 nitrogen and oxygen atoms in total. The quantitative estimate of drug-likeness (QED) is 0.936. The summed E-state index contributed by atoms with van der Waals surface area (Å²) in [5, 5.41) is 3.05. The lowest BCUT2D eigenvalue weighted by atomic mass is 10.2. The molecule has 0 bridgehead atoms. The molecular formula is C15H14ClNO5. The number of fused-ring (bicyclic) bond motifs is 1. The number of hydrogen-bond donors (Lipinski definition) is 1. The minimum atomic E-state index is -0.402. The Morgan fingerprint density at radius 3 is 2.73 bits per heavy atom. The van der Waals surface area contributed by atoms with Crippen LogP contribution < -0.4 is 14.8 Å². The largest absolute Gasteiger partial charge is 0.486 e. The van der Waals surface area contributed by atoms with Gasteiger partial charge in [-0.1, -0.05) is 11.6 Å². The molecule has 0 unspecified atom stereocenters. The number of carbonyl (C=O) groups excluding carboxylic acids is 1. The van der Waals surface area contributed by atoms with E-state index in [9.17, 15) is 4.79 Å². The van der Waals surface area contributed by atoms with Crippen LogP contribution in [0.4, 0.5) is 5.69 Å². The second-order valence-electron chi connectivity index (χ2n) is 4.63. The molecule has 2 heterocycles. The van der Waals surface area contributed by atoms with Gasteiger partial charge < -0.3 is 23.9 Å². The Balaban J connectivity index is 1.78. The van der Waals surface area contributed by atoms with Crippen LogP contribution in [0.25, 0.3) is 0 Å². The van der Waals surface area contributed by atoms with Gasteiger partial charge in [0.25, 0.3) is 5.91 Å². The highest BCUT2D eigenvalue weighted by Gasteiger charge is 2.18. The molecule has 1 N–H and O–H groups in total. The predicted octanol–water partition coefficient (Wildman–Crippen LogP) is 3.10. The number of rotatable bonds is 4. The molecule has 0 fully saturated rings. The molecule has 0 atom stereocenters. The fourth-order valence-electron chi connectivity index (χ4n) is 2.06. The van der Waals surface area contributed by atoms with Crippen molar-refractivity contribution >= 4 is 23.2 Å². The van der Waals surface area contributed by atoms with E-state index >= 15 is 0 Å². The average molecular weight is 324 g/mol. The highest BCUT2D eigenvalue weighted by Crippen LogP contribution is 2.38. The maximum atomic E-state index is 12.2. The molecule has 2 aromatic rings. The maximum Gasteiger partial charge on any atom is 0.291 e. The van der Waals surface area contributed by atoms with E-state index < -0.39 is 5.91 Å². The molecular weight excluding hydrogens is 310 g/mol. The third-order valence-corrected chi connectivity index (χ3v) is 3.36. The molecule has 7 heteroatoms. The minimum absolute atomic E-state index is 0.179. The van der Waals surface area contributed by atoms with Crippen LogP contribution >= 0.6 is 11.6 Å². The van der Waals surface area contributed by atoms with Gasteiger partial charge in [0.15, 0.2) is 17.3 Å². The molecule has 22 heavy (non-hydrogen) atoms. The summed E-state index contributed by atoms with van der Waals surface area (Å²) in [6.45, 7) is 1.24. The Morgan fingerprint density at radius 2 is 2.00 bits per heavy atom. The summed E-state index contributed by atoms with van der Waals surface area (Å²) >= 11 is 6.15. The molecule has 0 saturated heterocycles. The minimum Gasteiger partial charge on any atom is -0.486 e. The van der Waals surface area contributed by atoms with Crippen molar-refractivity contribution in [3.63, 3.8) is 0 Å². The summed E-state index contributed by atoms with van der Waals surface area (Å²) in [7, 11) is 1.55. The Morgan fingerprint density at radius 1 is 1.27 bits per heavy atom. The van der Waals surface area contributed by atoms with Gasteiger partial charge in [-0.2, -0.15) is 0 Å². The van der Waals surface area contributed by atoms with E-state index in [0.717, 1.165) is 0 Å². The molecule has 116 valence electrons. The number of nitrogens with one attached hydrogen (secondary N) is 1. The Hall–Kier alpha value is -2.18. The van der Waals surface area contributed by atoms with Gasteiger partial charge in [0, 0.05) is 19.2 Å². The van der Waals surface area contributed by atoms with Gasteiger partial charge in [-0.25, -0.2) is 0 Å². The summed E-state index contributed by atoms with van der Waals surface area (Å²) in [5.41, 5.74) is 0.431. The van der Waals surface area contributed by atoms with E-state index in [2.05, 4.69) is 5.32 Å². The van der Waals surface area contributed by atoms with Crippen molar-refractivity contribution in [1.82, 2.24) is 0 Å². The molecule has 1 aliphatic heterocycles. The fraction of sp³-hybridized carbons (Fsp3) is 0.267. The van der Waals surface area contributed by atoms with E-state index in [-0.39, 0.29) is 5.76 Å². The Labute approximate surface area is 131 Å². The molecule has 0 saturated carbocycles. The van der Waals surface area contributed by atoms with Gasteiger partial charge in [-0.05, 0) is 12.1 Å². The monoisotopic (exact) mass is 323 g/mol. The van der Waals surface area contributed by atoms with Gasteiger partial charge in [-0.3, -0.25) is 4.79 Å². The van der Waals surface area contributed by atoms with Crippen LogP contribution in [0.15, 0.2) is 28.7 Å². The van der Waals surface area contributed by atoms with E-state index in [1.807, 2.05) is 0 Å². The summed E-state index contributed by atoms with van der Waals surface area (Å²) in [6, 6.07) is 6.51. The fourth-order valence-corrected chi connectivity index (χ4v) is 2.26. The first-order valence-electron chi connectivity index (χ1n) is 6.65. The highest BCUT2D eigenvalue weighted by atomic mass is 35.5. The van der Waals surface area contributed by atoms with Gasteiger partial charge >= 0.3 is 0 Å². The lowest BCUT2D eigenvalue weighted by Crippen LogP contribution is -2.16. The van der Waals surface area contributed by atoms with Crippen LogP contribution in [0.5, 0.6) is 11.5 Å². The normalized spacial score (nSPS) is 13.0. The maximum absolute atomic E-state index is 12.2. The molecule has 0 spiro atoms. The molecule has 0 aliphatic carbocycles. The number of ether oxygens (including phenoxy) is 3. The third-order valence-electron chi connectivity index (χ3n) is 3.05. The lowest BCUT2D eigenvalue weighted by Gasteiger charge is -2.19. The van der Waals surface area contributed by atoms with Gasteiger partial charge in [0.1, 0.15) is 25.6 Å². The zero-order valence-corrected chi connectivity index (χ0v) is 12.6. The summed E-state index contributed by atoms with van der Waals surface area (Å²) in [4.78, 5) is 12.2. The van der Waals surface area contributed by atoms with Gasteiger partial charge in [-0.15, -0.1) is 0 Å². The van der Waals surface area contributed by atoms with Gasteiger partial charge in [0.2, 0.25) is 0 Å². The van der Waals surface area contributed by atoms with Crippen molar-refractivity contribution in [2.75, 3.05) is 25.6 Å². The van der Waals surface area contributed by atoms with Crippen molar-refractivity contribution in [2.24, 2.45) is 0 Å². The van der Waals surface area contributed by atoms with Crippen LogP contribution in [0.2, 0.25) is 5.02 Å². The van der Waals surface area contributed by atoms with Crippen molar-refractivity contribution in [2.45, 2.75) is 6.61 Å². The summed E-state index contributed by atoms with van der Waals surface area (Å²) in [6.07, 6.45) is 0. The smallest absolute Gasteiger partial charge is 0.291 e. The SMILES string of the molecule is COCc1ccc(C(=O)Nc2cc3c(cc2Cl)OCCO3)o1. The Kier molecular flexibility index (Phi) is 4.22.